The lowest BCUT2D eigenvalue weighted by Gasteiger charge is -2.10. The first-order chi connectivity index (χ1) is 10.2. The van der Waals surface area contributed by atoms with Gasteiger partial charge >= 0.3 is 5.97 Å². The van der Waals surface area contributed by atoms with Crippen molar-refractivity contribution in [3.8, 4) is 0 Å². The average molecular weight is 285 g/mol. The highest BCUT2D eigenvalue weighted by atomic mass is 16.4. The van der Waals surface area contributed by atoms with Crippen LogP contribution in [0.25, 0.3) is 11.0 Å². The quantitative estimate of drug-likeness (QED) is 0.749. The maximum absolute atomic E-state index is 11.3. The molecule has 3 rings (SSSR count). The first-order valence-electron chi connectivity index (χ1n) is 6.67. The van der Waals surface area contributed by atoms with Crippen LogP contribution in [0.5, 0.6) is 0 Å². The molecule has 0 unspecified atom stereocenters. The van der Waals surface area contributed by atoms with Gasteiger partial charge in [0, 0.05) is 17.5 Å². The standard InChI is InChI=1S/C16H15NO4/c1-10(13-7-4-8-20-13)17-9-12-11-5-2-3-6-14(11)21-15(12)16(18)19/h2-8,10,17H,9H2,1H3,(H,18,19)/t10-/m0/s1. The Kier molecular flexibility index (Phi) is 3.50. The molecule has 5 nitrogen and oxygen atoms in total. The molecule has 5 heteroatoms. The molecule has 2 aromatic heterocycles. The number of benzene rings is 1. The second-order valence-electron chi connectivity index (χ2n) is 4.83. The molecule has 0 aliphatic heterocycles. The normalized spacial score (nSPS) is 12.6. The van der Waals surface area contributed by atoms with Crippen LogP contribution in [0.4, 0.5) is 0 Å². The number of para-hydroxylation sites is 1. The van der Waals surface area contributed by atoms with Gasteiger partial charge in [-0.2, -0.15) is 0 Å². The van der Waals surface area contributed by atoms with Crippen molar-refractivity contribution in [3.63, 3.8) is 0 Å². The zero-order chi connectivity index (χ0) is 14.8. The molecule has 2 N–H and O–H groups in total. The van der Waals surface area contributed by atoms with Crippen LogP contribution in [0, 0.1) is 0 Å². The molecule has 21 heavy (non-hydrogen) atoms. The summed E-state index contributed by atoms with van der Waals surface area (Å²) < 4.78 is 10.7. The Balaban J connectivity index is 1.89. The van der Waals surface area contributed by atoms with Crippen molar-refractivity contribution in [3.05, 3.63) is 59.7 Å². The van der Waals surface area contributed by atoms with E-state index < -0.39 is 5.97 Å². The summed E-state index contributed by atoms with van der Waals surface area (Å²) in [6.07, 6.45) is 1.61. The molecule has 3 aromatic rings. The number of hydrogen-bond donors (Lipinski definition) is 2. The molecule has 0 spiro atoms. The van der Waals surface area contributed by atoms with Crippen molar-refractivity contribution in [1.82, 2.24) is 5.32 Å². The number of furan rings is 2. The lowest BCUT2D eigenvalue weighted by Crippen LogP contribution is -2.18. The van der Waals surface area contributed by atoms with E-state index in [1.54, 1.807) is 12.3 Å². The molecule has 1 atom stereocenters. The number of carboxylic acids is 1. The molecule has 1 aromatic carbocycles. The fourth-order valence-corrected chi connectivity index (χ4v) is 2.34. The summed E-state index contributed by atoms with van der Waals surface area (Å²) in [5.74, 6) is -0.274. The van der Waals surface area contributed by atoms with Crippen LogP contribution in [0.15, 0.2) is 51.5 Å². The lowest BCUT2D eigenvalue weighted by molar-refractivity contribution is 0.0663. The van der Waals surface area contributed by atoms with E-state index in [9.17, 15) is 9.90 Å². The van der Waals surface area contributed by atoms with Crippen LogP contribution in [-0.4, -0.2) is 11.1 Å². The number of rotatable bonds is 5. The molecular formula is C16H15NO4. The maximum Gasteiger partial charge on any atom is 0.372 e. The monoisotopic (exact) mass is 285 g/mol. The van der Waals surface area contributed by atoms with Gasteiger partial charge in [-0.3, -0.25) is 0 Å². The minimum atomic E-state index is -1.06. The van der Waals surface area contributed by atoms with Gasteiger partial charge in [0.2, 0.25) is 5.76 Å². The molecule has 0 saturated heterocycles. The van der Waals surface area contributed by atoms with Gasteiger partial charge in [-0.05, 0) is 25.1 Å². The van der Waals surface area contributed by atoms with Crippen LogP contribution in [0.3, 0.4) is 0 Å². The van der Waals surface area contributed by atoms with Gasteiger partial charge in [0.05, 0.1) is 12.3 Å². The predicted octanol–water partition coefficient (Wildman–Crippen LogP) is 3.57. The van der Waals surface area contributed by atoms with Crippen LogP contribution in [-0.2, 0) is 6.54 Å². The predicted molar refractivity (Wildman–Crippen MR) is 77.1 cm³/mol. The Morgan fingerprint density at radius 3 is 2.81 bits per heavy atom. The van der Waals surface area contributed by atoms with Crippen LogP contribution >= 0.6 is 0 Å². The van der Waals surface area contributed by atoms with Crippen molar-refractivity contribution in [2.45, 2.75) is 19.5 Å². The Morgan fingerprint density at radius 1 is 1.29 bits per heavy atom. The second-order valence-corrected chi connectivity index (χ2v) is 4.83. The SMILES string of the molecule is C[C@H](NCc1c(C(=O)O)oc2ccccc12)c1ccco1. The van der Waals surface area contributed by atoms with E-state index in [-0.39, 0.29) is 11.8 Å². The van der Waals surface area contributed by atoms with E-state index in [1.165, 1.54) is 0 Å². The van der Waals surface area contributed by atoms with Crippen molar-refractivity contribution in [2.24, 2.45) is 0 Å². The number of nitrogens with one attached hydrogen (secondary N) is 1. The summed E-state index contributed by atoms with van der Waals surface area (Å²) in [5, 5.41) is 13.3. The Bertz CT molecular complexity index is 758. The Morgan fingerprint density at radius 2 is 2.10 bits per heavy atom. The third-order valence-electron chi connectivity index (χ3n) is 3.45. The number of carbonyl (C=O) groups is 1. The topological polar surface area (TPSA) is 75.6 Å². The third kappa shape index (κ3) is 2.55. The average Bonchev–Trinajstić information content (AvgIpc) is 3.12. The lowest BCUT2D eigenvalue weighted by atomic mass is 10.1. The molecule has 0 fully saturated rings. The molecule has 108 valence electrons. The molecule has 0 bridgehead atoms. The largest absolute Gasteiger partial charge is 0.475 e. The molecule has 0 aliphatic rings. The van der Waals surface area contributed by atoms with Gasteiger partial charge in [0.1, 0.15) is 11.3 Å². The summed E-state index contributed by atoms with van der Waals surface area (Å²) in [4.78, 5) is 11.3. The van der Waals surface area contributed by atoms with Gasteiger partial charge in [-0.15, -0.1) is 0 Å². The van der Waals surface area contributed by atoms with Gasteiger partial charge in [-0.25, -0.2) is 4.79 Å². The van der Waals surface area contributed by atoms with Crippen LogP contribution < -0.4 is 5.32 Å². The summed E-state index contributed by atoms with van der Waals surface area (Å²) in [6.45, 7) is 2.35. The molecule has 0 saturated carbocycles. The fraction of sp³-hybridized carbons (Fsp3) is 0.188. The third-order valence-corrected chi connectivity index (χ3v) is 3.45. The van der Waals surface area contributed by atoms with E-state index in [0.29, 0.717) is 17.7 Å². The Labute approximate surface area is 121 Å². The fourth-order valence-electron chi connectivity index (χ4n) is 2.34. The molecule has 0 aliphatic carbocycles. The van der Waals surface area contributed by atoms with Gasteiger partial charge in [0.25, 0.3) is 0 Å². The number of hydrogen-bond acceptors (Lipinski definition) is 4. The summed E-state index contributed by atoms with van der Waals surface area (Å²) >= 11 is 0. The highest BCUT2D eigenvalue weighted by Crippen LogP contribution is 2.26. The molecule has 0 radical (unpaired) electrons. The van der Waals surface area contributed by atoms with E-state index in [4.69, 9.17) is 8.83 Å². The minimum Gasteiger partial charge on any atom is -0.475 e. The van der Waals surface area contributed by atoms with E-state index in [2.05, 4.69) is 5.32 Å². The second kappa shape index (κ2) is 5.46. The van der Waals surface area contributed by atoms with Gasteiger partial charge in [-0.1, -0.05) is 18.2 Å². The van der Waals surface area contributed by atoms with E-state index in [0.717, 1.165) is 11.1 Å². The summed E-state index contributed by atoms with van der Waals surface area (Å²) in [6, 6.07) is 11.0. The van der Waals surface area contributed by atoms with Crippen LogP contribution in [0.2, 0.25) is 0 Å². The highest BCUT2D eigenvalue weighted by Gasteiger charge is 2.20. The first-order valence-corrected chi connectivity index (χ1v) is 6.67. The number of carboxylic acid groups (broad SMARTS) is 1. The number of aromatic carboxylic acids is 1. The zero-order valence-electron chi connectivity index (χ0n) is 11.5. The van der Waals surface area contributed by atoms with Gasteiger partial charge < -0.3 is 19.3 Å². The van der Waals surface area contributed by atoms with Crippen molar-refractivity contribution < 1.29 is 18.7 Å². The van der Waals surface area contributed by atoms with E-state index >= 15 is 0 Å². The van der Waals surface area contributed by atoms with Crippen molar-refractivity contribution >= 4 is 16.9 Å². The minimum absolute atomic E-state index is 0.0182. The molecular weight excluding hydrogens is 270 g/mol. The maximum atomic E-state index is 11.3. The van der Waals surface area contributed by atoms with Crippen molar-refractivity contribution in [1.29, 1.82) is 0 Å². The van der Waals surface area contributed by atoms with E-state index in [1.807, 2.05) is 37.3 Å². The van der Waals surface area contributed by atoms with Crippen molar-refractivity contribution in [2.75, 3.05) is 0 Å². The summed E-state index contributed by atoms with van der Waals surface area (Å²) in [7, 11) is 0. The number of fused-ring (bicyclic) bond motifs is 1. The Hall–Kier alpha value is -2.53. The van der Waals surface area contributed by atoms with Crippen LogP contribution in [0.1, 0.15) is 34.8 Å². The highest BCUT2D eigenvalue weighted by molar-refractivity contribution is 5.95. The molecule has 2 heterocycles. The summed E-state index contributed by atoms with van der Waals surface area (Å²) in [5.41, 5.74) is 1.23. The van der Waals surface area contributed by atoms with Gasteiger partial charge in [0.15, 0.2) is 0 Å². The zero-order valence-corrected chi connectivity index (χ0v) is 11.5. The first kappa shape index (κ1) is 13.5. The smallest absolute Gasteiger partial charge is 0.372 e. The molecule has 0 amide bonds.